The number of hydrogen-bond acceptors (Lipinski definition) is 9. The Kier molecular flexibility index (Phi) is 6.01. The average molecular weight is 548 g/mol. The molecular weight excluding hydrogens is 527 g/mol. The summed E-state index contributed by atoms with van der Waals surface area (Å²) in [7, 11) is 0. The lowest BCUT2D eigenvalue weighted by molar-refractivity contribution is -0.137. The van der Waals surface area contributed by atoms with E-state index >= 15 is 0 Å². The summed E-state index contributed by atoms with van der Waals surface area (Å²) in [5.41, 5.74) is 2.63. The first-order chi connectivity index (χ1) is 19.2. The number of halogens is 3. The number of aromatic nitrogens is 6. The summed E-state index contributed by atoms with van der Waals surface area (Å²) in [6.07, 6.45) is -1.97. The molecule has 1 amide bonds. The van der Waals surface area contributed by atoms with Crippen LogP contribution in [0.1, 0.15) is 27.5 Å². The van der Waals surface area contributed by atoms with Crippen LogP contribution in [0.5, 0.6) is 0 Å². The Morgan fingerprint density at radius 2 is 1.95 bits per heavy atom. The predicted octanol–water partition coefficient (Wildman–Crippen LogP) is 4.37. The SMILES string of the molecule is Cc1nnc(N=c2ncc3cc(-c4cc(NC(=O)c5cc(C(F)(F)F)ccn5)ccc4C)c4n(c-3n2)CCN4)o1. The van der Waals surface area contributed by atoms with Crippen molar-refractivity contribution < 1.29 is 22.4 Å². The average Bonchev–Trinajstić information content (AvgIpc) is 3.58. The number of anilines is 2. The smallest absolute Gasteiger partial charge is 0.407 e. The second-order valence-electron chi connectivity index (χ2n) is 9.06. The van der Waals surface area contributed by atoms with Crippen molar-refractivity contribution in [3.63, 3.8) is 0 Å². The number of fused-ring (bicyclic) bond motifs is 3. The minimum absolute atomic E-state index is 0.0584. The largest absolute Gasteiger partial charge is 0.416 e. The Hall–Kier alpha value is -5.14. The Balaban J connectivity index is 1.37. The van der Waals surface area contributed by atoms with Crippen LogP contribution in [-0.4, -0.2) is 42.2 Å². The highest BCUT2D eigenvalue weighted by Gasteiger charge is 2.31. The van der Waals surface area contributed by atoms with Crippen LogP contribution in [0.25, 0.3) is 22.5 Å². The van der Waals surface area contributed by atoms with E-state index in [1.54, 1.807) is 25.3 Å². The van der Waals surface area contributed by atoms with E-state index in [9.17, 15) is 18.0 Å². The second-order valence-corrected chi connectivity index (χ2v) is 9.06. The number of nitrogens with zero attached hydrogens (tertiary/aromatic N) is 7. The molecular formula is C26H20F3N9O2. The number of nitrogens with one attached hydrogen (secondary N) is 2. The number of rotatable bonds is 4. The summed E-state index contributed by atoms with van der Waals surface area (Å²) in [5.74, 6) is 1.10. The summed E-state index contributed by atoms with van der Waals surface area (Å²) in [6, 6.07) is 8.81. The summed E-state index contributed by atoms with van der Waals surface area (Å²) in [5, 5.41) is 13.7. The molecule has 0 radical (unpaired) electrons. The quantitative estimate of drug-likeness (QED) is 0.339. The Labute approximate surface area is 224 Å². The van der Waals surface area contributed by atoms with Gasteiger partial charge in [-0.3, -0.25) is 9.78 Å². The van der Waals surface area contributed by atoms with E-state index < -0.39 is 17.6 Å². The zero-order valence-corrected chi connectivity index (χ0v) is 21.1. The van der Waals surface area contributed by atoms with Gasteiger partial charge < -0.3 is 19.6 Å². The minimum Gasteiger partial charge on any atom is -0.407 e. The first-order valence-electron chi connectivity index (χ1n) is 12.1. The summed E-state index contributed by atoms with van der Waals surface area (Å²) in [4.78, 5) is 29.7. The van der Waals surface area contributed by atoms with Gasteiger partial charge >= 0.3 is 12.2 Å². The van der Waals surface area contributed by atoms with E-state index in [2.05, 4.69) is 40.8 Å². The molecule has 40 heavy (non-hydrogen) atoms. The monoisotopic (exact) mass is 547 g/mol. The highest BCUT2D eigenvalue weighted by Crippen LogP contribution is 2.39. The Morgan fingerprint density at radius 3 is 2.73 bits per heavy atom. The maximum atomic E-state index is 13.1. The normalized spacial score (nSPS) is 13.4. The van der Waals surface area contributed by atoms with E-state index in [1.807, 2.05) is 23.6 Å². The molecule has 0 aliphatic carbocycles. The van der Waals surface area contributed by atoms with Crippen LogP contribution in [0.4, 0.5) is 30.7 Å². The molecule has 3 aliphatic heterocycles. The highest BCUT2D eigenvalue weighted by molar-refractivity contribution is 6.03. The van der Waals surface area contributed by atoms with Crippen LogP contribution < -0.4 is 16.3 Å². The van der Waals surface area contributed by atoms with Gasteiger partial charge in [0.15, 0.2) is 0 Å². The van der Waals surface area contributed by atoms with E-state index in [0.29, 0.717) is 30.5 Å². The van der Waals surface area contributed by atoms with Gasteiger partial charge in [-0.05, 0) is 48.4 Å². The van der Waals surface area contributed by atoms with Gasteiger partial charge in [0.1, 0.15) is 17.3 Å². The third-order valence-electron chi connectivity index (χ3n) is 6.31. The molecule has 11 nitrogen and oxygen atoms in total. The third-order valence-corrected chi connectivity index (χ3v) is 6.31. The van der Waals surface area contributed by atoms with Crippen molar-refractivity contribution in [3.05, 3.63) is 77.1 Å². The fourth-order valence-electron chi connectivity index (χ4n) is 4.45. The van der Waals surface area contributed by atoms with Gasteiger partial charge in [-0.1, -0.05) is 11.2 Å². The van der Waals surface area contributed by atoms with Crippen molar-refractivity contribution >= 4 is 23.4 Å². The number of pyridine rings is 2. The topological polar surface area (TPSA) is 136 Å². The van der Waals surface area contributed by atoms with Gasteiger partial charge in [0.2, 0.25) is 5.89 Å². The van der Waals surface area contributed by atoms with Crippen molar-refractivity contribution in [2.24, 2.45) is 4.99 Å². The minimum atomic E-state index is -4.58. The standard InChI is InChI=1S/C26H20F3N9O2/c1-13-3-4-17(33-23(39)20-10-16(5-6-30-20)26(27,28)29)11-18(13)19-9-15-12-32-24(35-25-37-36-14(2)40-25)34-21(15)38-8-7-31-22(19)38/h3-6,9-12,31H,7-8H2,1-2H3,(H,33,39). The van der Waals surface area contributed by atoms with Crippen LogP contribution in [0, 0.1) is 13.8 Å². The molecule has 0 spiro atoms. The maximum absolute atomic E-state index is 13.1. The second kappa shape index (κ2) is 9.55. The lowest BCUT2D eigenvalue weighted by atomic mass is 9.98. The van der Waals surface area contributed by atoms with Crippen molar-refractivity contribution in [3.8, 4) is 22.5 Å². The Bertz CT molecular complexity index is 1810. The molecule has 5 heterocycles. The molecule has 14 heteroatoms. The summed E-state index contributed by atoms with van der Waals surface area (Å²) >= 11 is 0. The number of hydrogen-bond donors (Lipinski definition) is 2. The van der Waals surface area contributed by atoms with Gasteiger partial charge in [0, 0.05) is 49.2 Å². The molecule has 3 aromatic rings. The lowest BCUT2D eigenvalue weighted by Crippen LogP contribution is -2.17. The molecule has 0 saturated heterocycles. The summed E-state index contributed by atoms with van der Waals surface area (Å²) in [6.45, 7) is 4.90. The first kappa shape index (κ1) is 25.2. The zero-order valence-electron chi connectivity index (χ0n) is 21.1. The third kappa shape index (κ3) is 4.74. The fraction of sp³-hybridized carbons (Fsp3) is 0.192. The van der Waals surface area contributed by atoms with Gasteiger partial charge in [-0.2, -0.15) is 23.1 Å². The number of aryl methyl sites for hydroxylation is 2. The fourth-order valence-corrected chi connectivity index (χ4v) is 4.45. The number of carbonyl (C=O) groups excluding carboxylic acids is 1. The van der Waals surface area contributed by atoms with Crippen molar-refractivity contribution in [2.45, 2.75) is 26.6 Å². The number of amides is 1. The van der Waals surface area contributed by atoms with E-state index in [4.69, 9.17) is 4.42 Å². The van der Waals surface area contributed by atoms with Gasteiger partial charge in [-0.25, -0.2) is 4.98 Å². The van der Waals surface area contributed by atoms with Gasteiger partial charge in [0.05, 0.1) is 5.56 Å². The van der Waals surface area contributed by atoms with Crippen LogP contribution in [0.2, 0.25) is 0 Å². The van der Waals surface area contributed by atoms with E-state index in [0.717, 1.165) is 46.4 Å². The molecule has 202 valence electrons. The highest BCUT2D eigenvalue weighted by atomic mass is 19.4. The van der Waals surface area contributed by atoms with Crippen molar-refractivity contribution in [1.82, 2.24) is 29.7 Å². The molecule has 0 unspecified atom stereocenters. The molecule has 2 N–H and O–H groups in total. The predicted molar refractivity (Wildman–Crippen MR) is 137 cm³/mol. The molecule has 1 aromatic carbocycles. The van der Waals surface area contributed by atoms with Gasteiger partial charge in [-0.15, -0.1) is 5.10 Å². The van der Waals surface area contributed by atoms with Crippen LogP contribution in [0.3, 0.4) is 0 Å². The molecule has 0 atom stereocenters. The van der Waals surface area contributed by atoms with E-state index in [-0.39, 0.29) is 17.3 Å². The zero-order chi connectivity index (χ0) is 28.0. The summed E-state index contributed by atoms with van der Waals surface area (Å²) < 4.78 is 46.6. The number of alkyl halides is 3. The molecule has 3 aliphatic rings. The molecule has 2 aromatic heterocycles. The van der Waals surface area contributed by atoms with E-state index in [1.165, 1.54) is 0 Å². The maximum Gasteiger partial charge on any atom is 0.416 e. The van der Waals surface area contributed by atoms with Crippen molar-refractivity contribution in [1.29, 1.82) is 0 Å². The molecule has 6 rings (SSSR count). The molecule has 0 saturated carbocycles. The Morgan fingerprint density at radius 1 is 1.10 bits per heavy atom. The molecule has 0 bridgehead atoms. The lowest BCUT2D eigenvalue weighted by Gasteiger charge is -2.19. The van der Waals surface area contributed by atoms with Crippen LogP contribution in [-0.2, 0) is 12.7 Å². The van der Waals surface area contributed by atoms with Crippen LogP contribution in [0.15, 0.2) is 58.2 Å². The first-order valence-corrected chi connectivity index (χ1v) is 12.1. The van der Waals surface area contributed by atoms with Crippen LogP contribution >= 0.6 is 0 Å². The number of carbonyl (C=O) groups is 1. The number of benzene rings is 1. The molecule has 0 fully saturated rings. The van der Waals surface area contributed by atoms with Crippen molar-refractivity contribution in [2.75, 3.05) is 17.2 Å². The van der Waals surface area contributed by atoms with Gasteiger partial charge in [0.25, 0.3) is 11.5 Å².